The highest BCUT2D eigenvalue weighted by Crippen LogP contribution is 2.24. The molecule has 0 saturated heterocycles. The van der Waals surface area contributed by atoms with Crippen molar-refractivity contribution in [1.82, 2.24) is 19.7 Å². The quantitative estimate of drug-likeness (QED) is 0.279. The van der Waals surface area contributed by atoms with E-state index in [1.54, 1.807) is 36.4 Å². The number of esters is 1. The first-order valence-electron chi connectivity index (χ1n) is 12.2. The first-order valence-corrected chi connectivity index (χ1v) is 12.2. The summed E-state index contributed by atoms with van der Waals surface area (Å²) in [6.45, 7) is 4.31. The third-order valence-electron chi connectivity index (χ3n) is 6.11. The molecule has 2 aromatic heterocycles. The lowest BCUT2D eigenvalue weighted by molar-refractivity contribution is 0.0459. The van der Waals surface area contributed by atoms with Gasteiger partial charge in [0.1, 0.15) is 5.82 Å². The number of hydrogen-bond donors (Lipinski definition) is 2. The number of halogens is 1. The van der Waals surface area contributed by atoms with E-state index in [4.69, 9.17) is 4.74 Å². The maximum absolute atomic E-state index is 13.6. The standard InChI is InChI=1S/C29H27FN4O3/c1-18(2)17-37-28(36)21-12-10-20(11-13-21)26-23(16-9-19-7-14-22(30)15-8-19)27(35)34(33-26)29-31-24-5-3-4-6-25(24)32-29/h3-8,10-15,18,33H,9,16-17H2,1-2H3,(H,31,32). The zero-order valence-corrected chi connectivity index (χ0v) is 20.6. The van der Waals surface area contributed by atoms with Gasteiger partial charge in [0.15, 0.2) is 0 Å². The van der Waals surface area contributed by atoms with Crippen LogP contribution < -0.4 is 5.56 Å². The Morgan fingerprint density at radius 1 is 1.00 bits per heavy atom. The van der Waals surface area contributed by atoms with Crippen LogP contribution in [0.5, 0.6) is 0 Å². The van der Waals surface area contributed by atoms with Gasteiger partial charge in [0, 0.05) is 5.56 Å². The van der Waals surface area contributed by atoms with Crippen LogP contribution in [0.4, 0.5) is 4.39 Å². The number of nitrogens with zero attached hydrogens (tertiary/aromatic N) is 2. The Bertz CT molecular complexity index is 1560. The Labute approximate surface area is 212 Å². The average Bonchev–Trinajstić information content (AvgIpc) is 3.48. The summed E-state index contributed by atoms with van der Waals surface area (Å²) in [7, 11) is 0. The number of aryl methyl sites for hydroxylation is 1. The molecule has 0 fully saturated rings. The first kappa shape index (κ1) is 24.2. The maximum Gasteiger partial charge on any atom is 0.338 e. The van der Waals surface area contributed by atoms with Crippen LogP contribution in [0.25, 0.3) is 28.2 Å². The second-order valence-electron chi connectivity index (χ2n) is 9.38. The molecule has 0 radical (unpaired) electrons. The smallest absolute Gasteiger partial charge is 0.338 e. The third kappa shape index (κ3) is 5.23. The van der Waals surface area contributed by atoms with E-state index in [0.29, 0.717) is 42.2 Å². The molecule has 0 unspecified atom stereocenters. The number of ether oxygens (including phenoxy) is 1. The minimum atomic E-state index is -0.384. The molecule has 0 spiro atoms. The van der Waals surface area contributed by atoms with Gasteiger partial charge < -0.3 is 9.72 Å². The molecule has 37 heavy (non-hydrogen) atoms. The van der Waals surface area contributed by atoms with Crippen molar-refractivity contribution in [1.29, 1.82) is 0 Å². The van der Waals surface area contributed by atoms with E-state index in [1.807, 2.05) is 38.1 Å². The lowest BCUT2D eigenvalue weighted by Crippen LogP contribution is -2.18. The van der Waals surface area contributed by atoms with Crippen LogP contribution in [0.2, 0.25) is 0 Å². The third-order valence-corrected chi connectivity index (χ3v) is 6.11. The van der Waals surface area contributed by atoms with Crippen molar-refractivity contribution in [3.8, 4) is 17.2 Å². The summed E-state index contributed by atoms with van der Waals surface area (Å²) in [4.78, 5) is 33.7. The van der Waals surface area contributed by atoms with Crippen molar-refractivity contribution in [2.45, 2.75) is 26.7 Å². The van der Waals surface area contributed by atoms with Crippen LogP contribution >= 0.6 is 0 Å². The van der Waals surface area contributed by atoms with Crippen molar-refractivity contribution in [2.75, 3.05) is 6.61 Å². The Kier molecular flexibility index (Phi) is 6.72. The number of aromatic amines is 2. The van der Waals surface area contributed by atoms with Gasteiger partial charge in [0.2, 0.25) is 5.95 Å². The number of carbonyl (C=O) groups excluding carboxylic acids is 1. The molecule has 5 rings (SSSR count). The van der Waals surface area contributed by atoms with Crippen LogP contribution in [-0.4, -0.2) is 32.3 Å². The molecule has 0 saturated carbocycles. The maximum atomic E-state index is 13.6. The Balaban J connectivity index is 1.51. The number of benzene rings is 3. The lowest BCUT2D eigenvalue weighted by atomic mass is 10.0. The summed E-state index contributed by atoms with van der Waals surface area (Å²) in [5, 5.41) is 3.21. The summed E-state index contributed by atoms with van der Waals surface area (Å²) in [5.74, 6) is -0.0557. The van der Waals surface area contributed by atoms with Gasteiger partial charge in [-0.3, -0.25) is 9.89 Å². The summed E-state index contributed by atoms with van der Waals surface area (Å²) < 4.78 is 20.1. The topological polar surface area (TPSA) is 92.8 Å². The van der Waals surface area contributed by atoms with Gasteiger partial charge in [0.05, 0.1) is 28.9 Å². The largest absolute Gasteiger partial charge is 0.462 e. The second-order valence-corrected chi connectivity index (χ2v) is 9.38. The van der Waals surface area contributed by atoms with Gasteiger partial charge in [-0.05, 0) is 66.3 Å². The zero-order chi connectivity index (χ0) is 25.9. The number of rotatable bonds is 8. The summed E-state index contributed by atoms with van der Waals surface area (Å²) in [6.07, 6.45) is 0.988. The van der Waals surface area contributed by atoms with Crippen LogP contribution in [-0.2, 0) is 17.6 Å². The van der Waals surface area contributed by atoms with Crippen molar-refractivity contribution in [3.05, 3.63) is 106 Å². The van der Waals surface area contributed by atoms with Gasteiger partial charge in [-0.1, -0.05) is 50.2 Å². The SMILES string of the molecule is CC(C)COC(=O)c1ccc(-c2[nH]n(-c3nc4ccccc4[nH]3)c(=O)c2CCc2ccc(F)cc2)cc1. The molecular formula is C29H27FN4O3. The van der Waals surface area contributed by atoms with Crippen molar-refractivity contribution < 1.29 is 13.9 Å². The highest BCUT2D eigenvalue weighted by atomic mass is 19.1. The highest BCUT2D eigenvalue weighted by Gasteiger charge is 2.19. The zero-order valence-electron chi connectivity index (χ0n) is 20.6. The van der Waals surface area contributed by atoms with Gasteiger partial charge in [0.25, 0.3) is 5.56 Å². The highest BCUT2D eigenvalue weighted by molar-refractivity contribution is 5.90. The van der Waals surface area contributed by atoms with Gasteiger partial charge in [-0.2, -0.15) is 4.68 Å². The van der Waals surface area contributed by atoms with Gasteiger partial charge in [-0.25, -0.2) is 14.2 Å². The first-order chi connectivity index (χ1) is 17.9. The minimum Gasteiger partial charge on any atom is -0.462 e. The molecule has 0 aliphatic heterocycles. The molecule has 7 nitrogen and oxygen atoms in total. The van der Waals surface area contributed by atoms with E-state index in [2.05, 4.69) is 15.1 Å². The molecule has 2 heterocycles. The number of carbonyl (C=O) groups is 1. The molecule has 3 aromatic carbocycles. The molecule has 188 valence electrons. The summed E-state index contributed by atoms with van der Waals surface area (Å²) >= 11 is 0. The normalized spacial score (nSPS) is 11.4. The number of imidazole rings is 1. The minimum absolute atomic E-state index is 0.225. The van der Waals surface area contributed by atoms with Crippen LogP contribution in [0, 0.1) is 11.7 Å². The fourth-order valence-electron chi connectivity index (χ4n) is 4.16. The Morgan fingerprint density at radius 2 is 1.73 bits per heavy atom. The predicted molar refractivity (Wildman–Crippen MR) is 140 cm³/mol. The van der Waals surface area contributed by atoms with E-state index in [-0.39, 0.29) is 23.3 Å². The second kappa shape index (κ2) is 10.3. The number of fused-ring (bicyclic) bond motifs is 1. The molecule has 5 aromatic rings. The monoisotopic (exact) mass is 498 g/mol. The van der Waals surface area contributed by atoms with Crippen LogP contribution in [0.1, 0.15) is 35.3 Å². The fourth-order valence-corrected chi connectivity index (χ4v) is 4.16. The summed E-state index contributed by atoms with van der Waals surface area (Å²) in [5.41, 5.74) is 4.66. The predicted octanol–water partition coefficient (Wildman–Crippen LogP) is 5.45. The van der Waals surface area contributed by atoms with Crippen LogP contribution in [0.3, 0.4) is 0 Å². The van der Waals surface area contributed by atoms with E-state index in [1.165, 1.54) is 16.8 Å². The Morgan fingerprint density at radius 3 is 2.43 bits per heavy atom. The molecular weight excluding hydrogens is 471 g/mol. The van der Waals surface area contributed by atoms with Gasteiger partial charge in [-0.15, -0.1) is 0 Å². The van der Waals surface area contributed by atoms with Crippen LogP contribution in [0.15, 0.2) is 77.6 Å². The molecule has 0 atom stereocenters. The molecule has 8 heteroatoms. The summed E-state index contributed by atoms with van der Waals surface area (Å²) in [6, 6.07) is 20.8. The van der Waals surface area contributed by atoms with E-state index < -0.39 is 0 Å². The number of H-pyrrole nitrogens is 2. The van der Waals surface area contributed by atoms with Gasteiger partial charge >= 0.3 is 5.97 Å². The lowest BCUT2D eigenvalue weighted by Gasteiger charge is -2.08. The molecule has 0 amide bonds. The van der Waals surface area contributed by atoms with E-state index in [9.17, 15) is 14.0 Å². The van der Waals surface area contributed by atoms with E-state index in [0.717, 1.165) is 22.2 Å². The van der Waals surface area contributed by atoms with Crippen molar-refractivity contribution in [2.24, 2.45) is 5.92 Å². The molecule has 0 aliphatic rings. The number of aromatic nitrogens is 4. The van der Waals surface area contributed by atoms with Crippen molar-refractivity contribution in [3.63, 3.8) is 0 Å². The fraction of sp³-hybridized carbons (Fsp3) is 0.207. The Hall–Kier alpha value is -4.46. The van der Waals surface area contributed by atoms with E-state index >= 15 is 0 Å². The number of para-hydroxylation sites is 2. The average molecular weight is 499 g/mol. The molecule has 0 bridgehead atoms. The number of nitrogens with one attached hydrogen (secondary N) is 2. The molecule has 2 N–H and O–H groups in total. The van der Waals surface area contributed by atoms with Crippen molar-refractivity contribution >= 4 is 17.0 Å². The number of hydrogen-bond acceptors (Lipinski definition) is 4. The molecule has 0 aliphatic carbocycles.